The largest absolute Gasteiger partial charge is 0.481 e. The molecule has 2 fully saturated rings. The number of aliphatic carboxylic acids is 1. The number of carbonyl (C=O) groups excluding carboxylic acids is 1. The van der Waals surface area contributed by atoms with Crippen LogP contribution in [-0.2, 0) is 9.59 Å². The highest BCUT2D eigenvalue weighted by Gasteiger charge is 2.41. The van der Waals surface area contributed by atoms with Crippen molar-refractivity contribution in [2.75, 3.05) is 13.1 Å². The summed E-state index contributed by atoms with van der Waals surface area (Å²) in [4.78, 5) is 26.1. The average Bonchev–Trinajstić information content (AvgIpc) is 2.62. The molecule has 1 unspecified atom stereocenters. The van der Waals surface area contributed by atoms with E-state index in [1.807, 2.05) is 11.0 Å². The summed E-state index contributed by atoms with van der Waals surface area (Å²) in [6.45, 7) is 2.83. The second kappa shape index (κ2) is 6.96. The van der Waals surface area contributed by atoms with Gasteiger partial charge in [0, 0.05) is 19.0 Å². The van der Waals surface area contributed by atoms with Crippen molar-refractivity contribution in [2.45, 2.75) is 51.4 Å². The minimum Gasteiger partial charge on any atom is -0.481 e. The number of benzene rings is 1. The fourth-order valence-electron chi connectivity index (χ4n) is 4.26. The Labute approximate surface area is 143 Å². The van der Waals surface area contributed by atoms with Crippen LogP contribution in [-0.4, -0.2) is 35.0 Å². The summed E-state index contributed by atoms with van der Waals surface area (Å²) in [5.74, 6) is 0.0171. The fourth-order valence-corrected chi connectivity index (χ4v) is 4.26. The second-order valence-electron chi connectivity index (χ2n) is 7.69. The molecular formula is C20H27NO3. The average molecular weight is 329 g/mol. The molecule has 1 aliphatic heterocycles. The van der Waals surface area contributed by atoms with E-state index >= 15 is 0 Å². The summed E-state index contributed by atoms with van der Waals surface area (Å²) in [7, 11) is 0. The standard InChI is InChI=1S/C20H27NO3/c1-20(19(23)24)12-5-13-21(14-20)18(22)17-10-8-16(9-11-17)15-6-3-2-4-7-15/h2-4,6-7,16-17H,5,8-14H2,1H3,(H,23,24). The molecule has 1 heterocycles. The highest BCUT2D eigenvalue weighted by atomic mass is 16.4. The van der Waals surface area contributed by atoms with Crippen LogP contribution in [0.1, 0.15) is 56.9 Å². The van der Waals surface area contributed by atoms with Gasteiger partial charge in [-0.3, -0.25) is 9.59 Å². The molecule has 4 heteroatoms. The topological polar surface area (TPSA) is 57.6 Å². The van der Waals surface area contributed by atoms with E-state index in [0.717, 1.165) is 32.1 Å². The Bertz CT molecular complexity index is 592. The number of piperidine rings is 1. The van der Waals surface area contributed by atoms with E-state index in [1.54, 1.807) is 6.92 Å². The van der Waals surface area contributed by atoms with Gasteiger partial charge >= 0.3 is 5.97 Å². The number of carboxylic acid groups (broad SMARTS) is 1. The summed E-state index contributed by atoms with van der Waals surface area (Å²) in [6, 6.07) is 10.5. The first kappa shape index (κ1) is 17.0. The van der Waals surface area contributed by atoms with Crippen LogP contribution in [0.5, 0.6) is 0 Å². The molecular weight excluding hydrogens is 302 g/mol. The minimum atomic E-state index is -0.784. The van der Waals surface area contributed by atoms with E-state index in [4.69, 9.17) is 0 Å². The number of nitrogens with zero attached hydrogens (tertiary/aromatic N) is 1. The molecule has 0 bridgehead atoms. The van der Waals surface area contributed by atoms with Gasteiger partial charge in [0.2, 0.25) is 5.91 Å². The van der Waals surface area contributed by atoms with Crippen molar-refractivity contribution in [3.05, 3.63) is 35.9 Å². The van der Waals surface area contributed by atoms with Crippen LogP contribution < -0.4 is 0 Å². The van der Waals surface area contributed by atoms with Gasteiger partial charge < -0.3 is 10.0 Å². The van der Waals surface area contributed by atoms with Crippen LogP contribution >= 0.6 is 0 Å². The smallest absolute Gasteiger partial charge is 0.311 e. The summed E-state index contributed by atoms with van der Waals surface area (Å²) in [5, 5.41) is 9.43. The highest BCUT2D eigenvalue weighted by molar-refractivity contribution is 5.81. The number of hydrogen-bond donors (Lipinski definition) is 1. The Balaban J connectivity index is 1.58. The third-order valence-electron chi connectivity index (χ3n) is 5.87. The lowest BCUT2D eigenvalue weighted by molar-refractivity contribution is -0.154. The number of amides is 1. The second-order valence-corrected chi connectivity index (χ2v) is 7.69. The molecule has 1 saturated carbocycles. The molecule has 1 amide bonds. The van der Waals surface area contributed by atoms with E-state index in [9.17, 15) is 14.7 Å². The molecule has 0 radical (unpaired) electrons. The van der Waals surface area contributed by atoms with Gasteiger partial charge in [-0.2, -0.15) is 0 Å². The summed E-state index contributed by atoms with van der Waals surface area (Å²) in [6.07, 6.45) is 5.37. The molecule has 1 N–H and O–H groups in total. The van der Waals surface area contributed by atoms with Crippen LogP contribution in [0.4, 0.5) is 0 Å². The number of likely N-dealkylation sites (tertiary alicyclic amines) is 1. The normalized spacial score (nSPS) is 30.8. The third-order valence-corrected chi connectivity index (χ3v) is 5.87. The van der Waals surface area contributed by atoms with E-state index < -0.39 is 11.4 Å². The molecule has 4 nitrogen and oxygen atoms in total. The summed E-state index contributed by atoms with van der Waals surface area (Å²) in [5.41, 5.74) is 0.592. The van der Waals surface area contributed by atoms with Gasteiger partial charge in [0.15, 0.2) is 0 Å². The zero-order chi connectivity index (χ0) is 17.2. The third kappa shape index (κ3) is 3.47. The lowest BCUT2D eigenvalue weighted by Crippen LogP contribution is -2.50. The SMILES string of the molecule is CC1(C(=O)O)CCCN(C(=O)C2CCC(c3ccccc3)CC2)C1. The fraction of sp³-hybridized carbons (Fsp3) is 0.600. The zero-order valence-corrected chi connectivity index (χ0v) is 14.4. The van der Waals surface area contributed by atoms with Crippen LogP contribution in [0.3, 0.4) is 0 Å². The van der Waals surface area contributed by atoms with Crippen LogP contribution in [0.15, 0.2) is 30.3 Å². The molecule has 24 heavy (non-hydrogen) atoms. The first-order valence-corrected chi connectivity index (χ1v) is 9.07. The number of hydrogen-bond acceptors (Lipinski definition) is 2. The molecule has 1 aromatic rings. The first-order valence-electron chi connectivity index (χ1n) is 9.07. The Kier molecular flexibility index (Phi) is 4.93. The lowest BCUT2D eigenvalue weighted by atomic mass is 9.77. The maximum Gasteiger partial charge on any atom is 0.311 e. The molecule has 2 aliphatic rings. The van der Waals surface area contributed by atoms with Crippen molar-refractivity contribution < 1.29 is 14.7 Å². The van der Waals surface area contributed by atoms with Crippen molar-refractivity contribution in [2.24, 2.45) is 11.3 Å². The van der Waals surface area contributed by atoms with Gasteiger partial charge in [0.25, 0.3) is 0 Å². The molecule has 130 valence electrons. The van der Waals surface area contributed by atoms with E-state index in [1.165, 1.54) is 5.56 Å². The summed E-state index contributed by atoms with van der Waals surface area (Å²) >= 11 is 0. The maximum atomic E-state index is 12.8. The van der Waals surface area contributed by atoms with Crippen molar-refractivity contribution in [1.29, 1.82) is 0 Å². The first-order chi connectivity index (χ1) is 11.5. The number of carbonyl (C=O) groups is 2. The minimum absolute atomic E-state index is 0.0705. The highest BCUT2D eigenvalue weighted by Crippen LogP contribution is 2.38. The molecule has 1 aliphatic carbocycles. The molecule has 0 spiro atoms. The zero-order valence-electron chi connectivity index (χ0n) is 14.4. The van der Waals surface area contributed by atoms with E-state index in [-0.39, 0.29) is 11.8 Å². The molecule has 0 aromatic heterocycles. The quantitative estimate of drug-likeness (QED) is 0.920. The van der Waals surface area contributed by atoms with Crippen molar-refractivity contribution in [3.63, 3.8) is 0 Å². The Hall–Kier alpha value is -1.84. The summed E-state index contributed by atoms with van der Waals surface area (Å²) < 4.78 is 0. The Morgan fingerprint density at radius 1 is 1.12 bits per heavy atom. The molecule has 1 aromatic carbocycles. The predicted molar refractivity (Wildman–Crippen MR) is 92.7 cm³/mol. The monoisotopic (exact) mass is 329 g/mol. The van der Waals surface area contributed by atoms with Crippen LogP contribution in [0.25, 0.3) is 0 Å². The van der Waals surface area contributed by atoms with E-state index in [2.05, 4.69) is 24.3 Å². The predicted octanol–water partition coefficient (Wildman–Crippen LogP) is 3.67. The Morgan fingerprint density at radius 2 is 1.79 bits per heavy atom. The van der Waals surface area contributed by atoms with Gasteiger partial charge in [-0.1, -0.05) is 30.3 Å². The van der Waals surface area contributed by atoms with Gasteiger partial charge in [-0.05, 0) is 56.9 Å². The molecule has 1 atom stereocenters. The van der Waals surface area contributed by atoms with Crippen molar-refractivity contribution in [1.82, 2.24) is 4.90 Å². The number of carboxylic acids is 1. The van der Waals surface area contributed by atoms with E-state index in [0.29, 0.717) is 25.4 Å². The molecule has 1 saturated heterocycles. The Morgan fingerprint density at radius 3 is 2.42 bits per heavy atom. The lowest BCUT2D eigenvalue weighted by Gasteiger charge is -2.40. The van der Waals surface area contributed by atoms with Crippen molar-refractivity contribution >= 4 is 11.9 Å². The van der Waals surface area contributed by atoms with Gasteiger partial charge in [-0.15, -0.1) is 0 Å². The van der Waals surface area contributed by atoms with Gasteiger partial charge in [0.05, 0.1) is 5.41 Å². The van der Waals surface area contributed by atoms with Gasteiger partial charge in [-0.25, -0.2) is 0 Å². The van der Waals surface area contributed by atoms with Crippen LogP contribution in [0, 0.1) is 11.3 Å². The van der Waals surface area contributed by atoms with Crippen molar-refractivity contribution in [3.8, 4) is 0 Å². The molecule has 3 rings (SSSR count). The van der Waals surface area contributed by atoms with Crippen LogP contribution in [0.2, 0.25) is 0 Å². The maximum absolute atomic E-state index is 12.8. The van der Waals surface area contributed by atoms with Gasteiger partial charge in [0.1, 0.15) is 0 Å². The number of rotatable bonds is 3.